The number of nitrogens with zero attached hydrogens (tertiary/aromatic N) is 2. The molecule has 18 heavy (non-hydrogen) atoms. The van der Waals surface area contributed by atoms with Gasteiger partial charge >= 0.3 is 0 Å². The largest absolute Gasteiger partial charge is 0.368 e. The van der Waals surface area contributed by atoms with Crippen LogP contribution in [0, 0.1) is 0 Å². The number of aromatic nitrogens is 1. The van der Waals surface area contributed by atoms with Gasteiger partial charge in [0.05, 0.1) is 6.54 Å². The Labute approximate surface area is 108 Å². The minimum Gasteiger partial charge on any atom is -0.368 e. The normalized spacial score (nSPS) is 20.6. The van der Waals surface area contributed by atoms with Crippen LogP contribution in [0.4, 0.5) is 5.13 Å². The van der Waals surface area contributed by atoms with Crippen LogP contribution in [-0.4, -0.2) is 53.9 Å². The van der Waals surface area contributed by atoms with E-state index in [2.05, 4.69) is 15.6 Å². The van der Waals surface area contributed by atoms with Gasteiger partial charge in [-0.1, -0.05) is 0 Å². The number of primary amides is 1. The maximum atomic E-state index is 11.8. The summed E-state index contributed by atoms with van der Waals surface area (Å²) in [6, 6.07) is -0.430. The highest BCUT2D eigenvalue weighted by Gasteiger charge is 2.28. The topological polar surface area (TPSA) is 100 Å². The molecule has 1 aromatic heterocycles. The lowest BCUT2D eigenvalue weighted by Gasteiger charge is -2.33. The highest BCUT2D eigenvalue weighted by Crippen LogP contribution is 2.10. The van der Waals surface area contributed by atoms with E-state index < -0.39 is 11.9 Å². The van der Waals surface area contributed by atoms with Crippen LogP contribution in [0.1, 0.15) is 0 Å². The second-order valence-electron chi connectivity index (χ2n) is 3.98. The van der Waals surface area contributed by atoms with Crippen LogP contribution in [0.3, 0.4) is 0 Å². The summed E-state index contributed by atoms with van der Waals surface area (Å²) < 4.78 is 0. The van der Waals surface area contributed by atoms with E-state index in [0.29, 0.717) is 18.2 Å². The summed E-state index contributed by atoms with van der Waals surface area (Å²) in [6.45, 7) is 2.00. The standard InChI is InChI=1S/C10H15N5O2S/c11-9(17)7-5-12-1-3-15(7)6-8(16)14-10-13-2-4-18-10/h2,4,7,12H,1,3,5-6H2,(H2,11,17)(H,13,14,16). The Kier molecular flexibility index (Phi) is 4.24. The van der Waals surface area contributed by atoms with Crippen molar-refractivity contribution in [2.24, 2.45) is 5.73 Å². The summed E-state index contributed by atoms with van der Waals surface area (Å²) in [4.78, 5) is 28.8. The average molecular weight is 269 g/mol. The van der Waals surface area contributed by atoms with Crippen LogP contribution in [0.25, 0.3) is 0 Å². The molecule has 2 heterocycles. The number of rotatable bonds is 4. The molecule has 0 aromatic carbocycles. The number of anilines is 1. The van der Waals surface area contributed by atoms with Crippen LogP contribution >= 0.6 is 11.3 Å². The van der Waals surface area contributed by atoms with Gasteiger partial charge in [0.2, 0.25) is 11.8 Å². The van der Waals surface area contributed by atoms with E-state index in [1.54, 1.807) is 16.5 Å². The molecule has 0 spiro atoms. The molecule has 2 amide bonds. The van der Waals surface area contributed by atoms with Crippen molar-refractivity contribution in [3.63, 3.8) is 0 Å². The number of hydrogen-bond donors (Lipinski definition) is 3. The number of carbonyl (C=O) groups excluding carboxylic acids is 2. The van der Waals surface area contributed by atoms with Crippen LogP contribution in [0.5, 0.6) is 0 Å². The van der Waals surface area contributed by atoms with Gasteiger partial charge in [-0.3, -0.25) is 14.5 Å². The number of nitrogens with one attached hydrogen (secondary N) is 2. The van der Waals surface area contributed by atoms with Crippen molar-refractivity contribution < 1.29 is 9.59 Å². The van der Waals surface area contributed by atoms with Crippen molar-refractivity contribution in [2.75, 3.05) is 31.5 Å². The second-order valence-corrected chi connectivity index (χ2v) is 4.87. The lowest BCUT2D eigenvalue weighted by Crippen LogP contribution is -2.58. The van der Waals surface area contributed by atoms with Crippen LogP contribution in [-0.2, 0) is 9.59 Å². The van der Waals surface area contributed by atoms with Gasteiger partial charge in [-0.05, 0) is 0 Å². The lowest BCUT2D eigenvalue weighted by atomic mass is 10.2. The summed E-state index contributed by atoms with van der Waals surface area (Å²) in [5.74, 6) is -0.595. The third-order valence-corrected chi connectivity index (χ3v) is 3.40. The smallest absolute Gasteiger partial charge is 0.240 e. The molecule has 1 atom stereocenters. The minimum atomic E-state index is -0.430. The molecule has 0 saturated carbocycles. The maximum Gasteiger partial charge on any atom is 0.240 e. The first-order valence-electron chi connectivity index (χ1n) is 5.60. The van der Waals surface area contributed by atoms with Crippen molar-refractivity contribution in [1.82, 2.24) is 15.2 Å². The third-order valence-electron chi connectivity index (χ3n) is 2.71. The predicted molar refractivity (Wildman–Crippen MR) is 68.2 cm³/mol. The Balaban J connectivity index is 1.90. The van der Waals surface area contributed by atoms with Crippen molar-refractivity contribution in [3.05, 3.63) is 11.6 Å². The highest BCUT2D eigenvalue weighted by atomic mass is 32.1. The van der Waals surface area contributed by atoms with Gasteiger partial charge in [0.1, 0.15) is 6.04 Å². The van der Waals surface area contributed by atoms with Crippen LogP contribution in [0.2, 0.25) is 0 Å². The highest BCUT2D eigenvalue weighted by molar-refractivity contribution is 7.13. The fourth-order valence-corrected chi connectivity index (χ4v) is 2.39. The molecule has 4 N–H and O–H groups in total. The first-order valence-corrected chi connectivity index (χ1v) is 6.48. The molecule has 0 bridgehead atoms. The quantitative estimate of drug-likeness (QED) is 0.640. The summed E-state index contributed by atoms with van der Waals surface area (Å²) in [5.41, 5.74) is 5.31. The third kappa shape index (κ3) is 3.25. The zero-order valence-corrected chi connectivity index (χ0v) is 10.6. The molecule has 7 nitrogen and oxygen atoms in total. The van der Waals surface area contributed by atoms with E-state index in [-0.39, 0.29) is 12.5 Å². The average Bonchev–Trinajstić information content (AvgIpc) is 2.82. The molecule has 0 aliphatic carbocycles. The number of piperazine rings is 1. The maximum absolute atomic E-state index is 11.8. The first-order chi connectivity index (χ1) is 8.66. The molecule has 1 aromatic rings. The van der Waals surface area contributed by atoms with Crippen LogP contribution < -0.4 is 16.4 Å². The monoisotopic (exact) mass is 269 g/mol. The van der Waals surface area contributed by atoms with Crippen molar-refractivity contribution in [1.29, 1.82) is 0 Å². The minimum absolute atomic E-state index is 0.148. The van der Waals surface area contributed by atoms with Gasteiger partial charge < -0.3 is 16.4 Å². The predicted octanol–water partition coefficient (Wildman–Crippen LogP) is -1.16. The Bertz CT molecular complexity index is 422. The Hall–Kier alpha value is -1.51. The molecule has 0 radical (unpaired) electrons. The summed E-state index contributed by atoms with van der Waals surface area (Å²) >= 11 is 1.35. The van der Waals surface area contributed by atoms with Crippen LogP contribution in [0.15, 0.2) is 11.6 Å². The summed E-state index contributed by atoms with van der Waals surface area (Å²) in [7, 11) is 0. The zero-order chi connectivity index (χ0) is 13.0. The van der Waals surface area contributed by atoms with Gasteiger partial charge in [-0.25, -0.2) is 4.98 Å². The number of hydrogen-bond acceptors (Lipinski definition) is 6. The molecule has 1 saturated heterocycles. The molecule has 1 unspecified atom stereocenters. The molecular weight excluding hydrogens is 254 g/mol. The fourth-order valence-electron chi connectivity index (χ4n) is 1.84. The Morgan fingerprint density at radius 2 is 2.50 bits per heavy atom. The first kappa shape index (κ1) is 12.9. The molecule has 2 rings (SSSR count). The van der Waals surface area contributed by atoms with Gasteiger partial charge in [0.15, 0.2) is 5.13 Å². The van der Waals surface area contributed by atoms with Gasteiger partial charge in [0, 0.05) is 31.2 Å². The fraction of sp³-hybridized carbons (Fsp3) is 0.500. The molecule has 8 heteroatoms. The Morgan fingerprint density at radius 1 is 1.67 bits per heavy atom. The second kappa shape index (κ2) is 5.89. The number of nitrogens with two attached hydrogens (primary N) is 1. The molecule has 98 valence electrons. The van der Waals surface area contributed by atoms with E-state index in [4.69, 9.17) is 5.73 Å². The molecule has 1 aliphatic heterocycles. The van der Waals surface area contributed by atoms with E-state index >= 15 is 0 Å². The molecule has 1 fully saturated rings. The van der Waals surface area contributed by atoms with E-state index in [0.717, 1.165) is 6.54 Å². The lowest BCUT2D eigenvalue weighted by molar-refractivity contribution is -0.125. The van der Waals surface area contributed by atoms with E-state index in [1.807, 2.05) is 0 Å². The van der Waals surface area contributed by atoms with E-state index in [1.165, 1.54) is 11.3 Å². The summed E-state index contributed by atoms with van der Waals surface area (Å²) in [5, 5.41) is 8.11. The van der Waals surface area contributed by atoms with Gasteiger partial charge in [-0.2, -0.15) is 0 Å². The SMILES string of the molecule is NC(=O)C1CNCCN1CC(=O)Nc1nccs1. The van der Waals surface area contributed by atoms with Gasteiger partial charge in [-0.15, -0.1) is 11.3 Å². The molecular formula is C10H15N5O2S. The zero-order valence-electron chi connectivity index (χ0n) is 9.76. The number of thiazole rings is 1. The molecule has 1 aliphatic rings. The van der Waals surface area contributed by atoms with Crippen molar-refractivity contribution in [2.45, 2.75) is 6.04 Å². The van der Waals surface area contributed by atoms with Crippen molar-refractivity contribution in [3.8, 4) is 0 Å². The Morgan fingerprint density at radius 3 is 3.17 bits per heavy atom. The van der Waals surface area contributed by atoms with E-state index in [9.17, 15) is 9.59 Å². The number of carbonyl (C=O) groups is 2. The number of amides is 2. The van der Waals surface area contributed by atoms with Gasteiger partial charge in [0.25, 0.3) is 0 Å². The van der Waals surface area contributed by atoms with Crippen molar-refractivity contribution >= 4 is 28.3 Å². The summed E-state index contributed by atoms with van der Waals surface area (Å²) in [6.07, 6.45) is 1.62.